The van der Waals surface area contributed by atoms with E-state index in [1.165, 1.54) is 7.11 Å². The van der Waals surface area contributed by atoms with Crippen LogP contribution in [0.15, 0.2) is 60.2 Å². The van der Waals surface area contributed by atoms with Crippen molar-refractivity contribution in [3.8, 4) is 6.07 Å². The minimum absolute atomic E-state index is 0.347. The number of hydrogen-bond donors (Lipinski definition) is 0. The number of hydrogen-bond acceptors (Lipinski definition) is 3. The van der Waals surface area contributed by atoms with Crippen molar-refractivity contribution in [2.75, 3.05) is 7.11 Å². The quantitative estimate of drug-likeness (QED) is 0.362. The molecule has 0 saturated heterocycles. The molecule has 20 heavy (non-hydrogen) atoms. The molecule has 104 valence electrons. The van der Waals surface area contributed by atoms with E-state index in [9.17, 15) is 4.79 Å². The fourth-order valence-electron chi connectivity index (χ4n) is 1.08. The van der Waals surface area contributed by atoms with Gasteiger partial charge in [-0.2, -0.15) is 5.26 Å². The summed E-state index contributed by atoms with van der Waals surface area (Å²) in [5, 5.41) is 8.48. The van der Waals surface area contributed by atoms with Crippen molar-refractivity contribution in [1.29, 1.82) is 5.26 Å². The zero-order valence-electron chi connectivity index (χ0n) is 12.1. The first-order valence-electron chi connectivity index (χ1n) is 6.05. The van der Waals surface area contributed by atoms with Crippen LogP contribution in [0.1, 0.15) is 19.4 Å². The first kappa shape index (κ1) is 17.4. The molecular weight excluding hydrogens is 250 g/mol. The monoisotopic (exact) mass is 269 g/mol. The highest BCUT2D eigenvalue weighted by Crippen LogP contribution is 2.01. The Bertz CT molecular complexity index is 534. The summed E-state index contributed by atoms with van der Waals surface area (Å²) >= 11 is 0. The second-order valence-corrected chi connectivity index (χ2v) is 4.00. The lowest BCUT2D eigenvalue weighted by Gasteiger charge is -1.91. The number of allylic oxidation sites excluding steroid dienone is 3. The summed E-state index contributed by atoms with van der Waals surface area (Å²) in [6.45, 7) is 6.74. The van der Waals surface area contributed by atoms with Crippen LogP contribution in [0.4, 0.5) is 0 Å². The Kier molecular flexibility index (Phi) is 8.99. The van der Waals surface area contributed by atoms with Crippen LogP contribution >= 0.6 is 0 Å². The maximum atomic E-state index is 10.2. The second kappa shape index (κ2) is 10.3. The average molecular weight is 269 g/mol. The molecule has 0 radical (unpaired) electrons. The van der Waals surface area contributed by atoms with E-state index in [0.29, 0.717) is 11.1 Å². The summed E-state index contributed by atoms with van der Waals surface area (Å²) in [6.07, 6.45) is 5.65. The summed E-state index contributed by atoms with van der Waals surface area (Å²) in [5.41, 5.74) is 2.29. The van der Waals surface area contributed by atoms with Crippen LogP contribution in [0.2, 0.25) is 0 Å². The van der Waals surface area contributed by atoms with Gasteiger partial charge < -0.3 is 4.74 Å². The first-order chi connectivity index (χ1) is 9.51. The van der Waals surface area contributed by atoms with E-state index in [-0.39, 0.29) is 5.97 Å². The van der Waals surface area contributed by atoms with E-state index in [1.54, 1.807) is 19.9 Å². The summed E-state index contributed by atoms with van der Waals surface area (Å²) < 4.78 is 4.27. The molecule has 3 nitrogen and oxygen atoms in total. The molecule has 0 atom stereocenters. The van der Waals surface area contributed by atoms with Crippen LogP contribution in [-0.4, -0.2) is 13.1 Å². The Morgan fingerprint density at radius 2 is 1.90 bits per heavy atom. The summed E-state index contributed by atoms with van der Waals surface area (Å²) in [5.74, 6) is -0.347. The van der Waals surface area contributed by atoms with Crippen molar-refractivity contribution < 1.29 is 9.53 Å². The third-order valence-corrected chi connectivity index (χ3v) is 2.14. The molecule has 1 rings (SSSR count). The molecule has 0 aromatic heterocycles. The van der Waals surface area contributed by atoms with Gasteiger partial charge in [-0.1, -0.05) is 49.1 Å². The molecule has 0 aliphatic heterocycles. The molecule has 0 bridgehead atoms. The molecule has 0 aliphatic carbocycles. The number of benzene rings is 1. The Labute approximate surface area is 120 Å². The summed E-state index contributed by atoms with van der Waals surface area (Å²) in [7, 11) is 1.33. The maximum Gasteiger partial charge on any atom is 0.332 e. The van der Waals surface area contributed by atoms with E-state index >= 15 is 0 Å². The molecule has 0 spiro atoms. The van der Waals surface area contributed by atoms with Gasteiger partial charge in [0.15, 0.2) is 0 Å². The van der Waals surface area contributed by atoms with Gasteiger partial charge in [-0.05, 0) is 25.5 Å². The number of carbonyl (C=O) groups excluding carboxylic acids is 1. The fraction of sp³-hybridized carbons (Fsp3) is 0.176. The molecule has 0 unspecified atom stereocenters. The number of ether oxygens (including phenoxy) is 1. The van der Waals surface area contributed by atoms with E-state index < -0.39 is 0 Å². The third-order valence-electron chi connectivity index (χ3n) is 2.14. The van der Waals surface area contributed by atoms with Gasteiger partial charge >= 0.3 is 5.97 Å². The molecule has 0 N–H and O–H groups in total. The zero-order chi connectivity index (χ0) is 15.4. The van der Waals surface area contributed by atoms with E-state index in [4.69, 9.17) is 5.26 Å². The Hall–Kier alpha value is -2.60. The summed E-state index contributed by atoms with van der Waals surface area (Å²) in [4.78, 5) is 10.2. The first-order valence-corrected chi connectivity index (χ1v) is 6.05. The Morgan fingerprint density at radius 1 is 1.30 bits per heavy atom. The highest BCUT2D eigenvalue weighted by molar-refractivity contribution is 5.86. The number of methoxy groups -OCH3 is 1. The largest absolute Gasteiger partial charge is 0.466 e. The van der Waals surface area contributed by atoms with E-state index in [1.807, 2.05) is 42.5 Å². The van der Waals surface area contributed by atoms with Gasteiger partial charge in [0.05, 0.1) is 13.2 Å². The van der Waals surface area contributed by atoms with Gasteiger partial charge in [0.25, 0.3) is 0 Å². The van der Waals surface area contributed by atoms with E-state index in [0.717, 1.165) is 5.56 Å². The normalized spacial score (nSPS) is 10.2. The molecule has 0 saturated carbocycles. The molecular formula is C17H19NO2. The maximum absolute atomic E-state index is 10.2. The fourth-order valence-corrected chi connectivity index (χ4v) is 1.08. The summed E-state index contributed by atoms with van der Waals surface area (Å²) in [6, 6.07) is 12.1. The van der Waals surface area contributed by atoms with Gasteiger partial charge in [0.2, 0.25) is 0 Å². The topological polar surface area (TPSA) is 50.1 Å². The highest BCUT2D eigenvalue weighted by Gasteiger charge is 1.95. The molecule has 1 aromatic carbocycles. The standard InChI is InChI=1S/C12H11N.C5H8O2/c1-11(10-13)6-5-9-12-7-3-2-4-8-12;1-4(2)5(6)7-3/h2-9H,1H3;1H2,2-3H3. The third kappa shape index (κ3) is 8.48. The molecule has 0 heterocycles. The van der Waals surface area contributed by atoms with Crippen LogP contribution in [0.5, 0.6) is 0 Å². The molecule has 0 fully saturated rings. The molecule has 0 amide bonds. The van der Waals surface area contributed by atoms with Crippen molar-refractivity contribution in [3.63, 3.8) is 0 Å². The number of carbonyl (C=O) groups is 1. The van der Waals surface area contributed by atoms with Gasteiger partial charge in [0, 0.05) is 11.1 Å². The van der Waals surface area contributed by atoms with Crippen molar-refractivity contribution in [2.45, 2.75) is 13.8 Å². The van der Waals surface area contributed by atoms with E-state index in [2.05, 4.69) is 17.4 Å². The van der Waals surface area contributed by atoms with Crippen molar-refractivity contribution in [2.24, 2.45) is 0 Å². The minimum Gasteiger partial charge on any atom is -0.466 e. The number of esters is 1. The second-order valence-electron chi connectivity index (χ2n) is 4.00. The Morgan fingerprint density at radius 3 is 2.30 bits per heavy atom. The van der Waals surface area contributed by atoms with Crippen molar-refractivity contribution >= 4 is 12.0 Å². The van der Waals surface area contributed by atoms with Crippen LogP contribution in [-0.2, 0) is 9.53 Å². The number of nitrogens with zero attached hydrogens (tertiary/aromatic N) is 1. The predicted molar refractivity (Wildman–Crippen MR) is 81.7 cm³/mol. The molecule has 0 aliphatic rings. The lowest BCUT2D eigenvalue weighted by Crippen LogP contribution is -1.98. The molecule has 1 aromatic rings. The van der Waals surface area contributed by atoms with Crippen molar-refractivity contribution in [3.05, 3.63) is 65.8 Å². The Balaban J connectivity index is 0.000000441. The lowest BCUT2D eigenvalue weighted by molar-refractivity contribution is -0.136. The average Bonchev–Trinajstić information content (AvgIpc) is 2.47. The van der Waals surface area contributed by atoms with Crippen LogP contribution in [0, 0.1) is 11.3 Å². The van der Waals surface area contributed by atoms with Crippen LogP contribution in [0.25, 0.3) is 6.08 Å². The zero-order valence-corrected chi connectivity index (χ0v) is 12.1. The van der Waals surface area contributed by atoms with Gasteiger partial charge in [-0.25, -0.2) is 4.79 Å². The van der Waals surface area contributed by atoms with Gasteiger partial charge in [0.1, 0.15) is 0 Å². The van der Waals surface area contributed by atoms with Crippen LogP contribution in [0.3, 0.4) is 0 Å². The smallest absolute Gasteiger partial charge is 0.332 e. The molecule has 3 heteroatoms. The van der Waals surface area contributed by atoms with Crippen molar-refractivity contribution in [1.82, 2.24) is 0 Å². The van der Waals surface area contributed by atoms with Gasteiger partial charge in [-0.15, -0.1) is 0 Å². The van der Waals surface area contributed by atoms with Gasteiger partial charge in [-0.3, -0.25) is 0 Å². The number of nitriles is 1. The highest BCUT2D eigenvalue weighted by atomic mass is 16.5. The minimum atomic E-state index is -0.347. The van der Waals surface area contributed by atoms with Crippen LogP contribution < -0.4 is 0 Å². The lowest BCUT2D eigenvalue weighted by atomic mass is 10.2. The SMILES string of the molecule is C=C(C)C(=O)OC.CC(C#N)=CC=Cc1ccccc1. The predicted octanol–water partition coefficient (Wildman–Crippen LogP) is 3.91. The number of rotatable bonds is 3.